The Kier molecular flexibility index (Phi) is 7.96. The summed E-state index contributed by atoms with van der Waals surface area (Å²) in [4.78, 5) is 4.43. The summed E-state index contributed by atoms with van der Waals surface area (Å²) < 4.78 is 0. The molecule has 0 saturated carbocycles. The van der Waals surface area contributed by atoms with Crippen molar-refractivity contribution in [2.24, 2.45) is 11.7 Å². The van der Waals surface area contributed by atoms with E-state index in [9.17, 15) is 5.11 Å². The zero-order chi connectivity index (χ0) is 11.8. The molecule has 0 spiro atoms. The van der Waals surface area contributed by atoms with Gasteiger partial charge in [-0.1, -0.05) is 13.8 Å². The van der Waals surface area contributed by atoms with Crippen LogP contribution in [0, 0.1) is 5.92 Å². The summed E-state index contributed by atoms with van der Waals surface area (Å²) in [6.45, 7) is 8.44. The van der Waals surface area contributed by atoms with E-state index in [0.717, 1.165) is 19.6 Å². The Morgan fingerprint density at radius 3 is 2.13 bits per heavy atom. The van der Waals surface area contributed by atoms with Gasteiger partial charge in [0.1, 0.15) is 0 Å². The van der Waals surface area contributed by atoms with Crippen molar-refractivity contribution in [1.29, 1.82) is 0 Å². The Morgan fingerprint density at radius 1 is 1.13 bits per heavy atom. The standard InChI is InChI=1S/C11H27N3O/c1-10(2)8-14(6-5-13(3)4)9-11(15)7-12/h10-11,15H,5-9,12H2,1-4H3. The summed E-state index contributed by atoms with van der Waals surface area (Å²) in [7, 11) is 4.12. The van der Waals surface area contributed by atoms with Crippen LogP contribution in [0.1, 0.15) is 13.8 Å². The monoisotopic (exact) mass is 217 g/mol. The first-order valence-corrected chi connectivity index (χ1v) is 5.71. The Bertz CT molecular complexity index is 151. The number of hydrogen-bond donors (Lipinski definition) is 2. The molecule has 15 heavy (non-hydrogen) atoms. The SMILES string of the molecule is CC(C)CN(CCN(C)C)CC(O)CN. The highest BCUT2D eigenvalue weighted by Gasteiger charge is 2.11. The normalized spacial score (nSPS) is 14.2. The van der Waals surface area contributed by atoms with Crippen molar-refractivity contribution in [1.82, 2.24) is 9.80 Å². The van der Waals surface area contributed by atoms with Gasteiger partial charge in [-0.2, -0.15) is 0 Å². The molecule has 0 saturated heterocycles. The lowest BCUT2D eigenvalue weighted by molar-refractivity contribution is 0.106. The van der Waals surface area contributed by atoms with Gasteiger partial charge in [0.2, 0.25) is 0 Å². The van der Waals surface area contributed by atoms with Crippen LogP contribution in [-0.4, -0.2) is 67.8 Å². The van der Waals surface area contributed by atoms with Crippen molar-refractivity contribution >= 4 is 0 Å². The van der Waals surface area contributed by atoms with Gasteiger partial charge in [0.25, 0.3) is 0 Å². The second-order valence-electron chi connectivity index (χ2n) is 4.85. The van der Waals surface area contributed by atoms with Crippen LogP contribution >= 0.6 is 0 Å². The van der Waals surface area contributed by atoms with Crippen LogP contribution in [0.15, 0.2) is 0 Å². The van der Waals surface area contributed by atoms with Gasteiger partial charge >= 0.3 is 0 Å². The zero-order valence-corrected chi connectivity index (χ0v) is 10.6. The maximum atomic E-state index is 9.53. The van der Waals surface area contributed by atoms with Gasteiger partial charge in [0.15, 0.2) is 0 Å². The Hall–Kier alpha value is -0.160. The summed E-state index contributed by atoms with van der Waals surface area (Å²) in [5, 5.41) is 9.53. The Morgan fingerprint density at radius 2 is 1.73 bits per heavy atom. The highest BCUT2D eigenvalue weighted by Crippen LogP contribution is 2.00. The van der Waals surface area contributed by atoms with Gasteiger partial charge in [-0.15, -0.1) is 0 Å². The predicted molar refractivity (Wildman–Crippen MR) is 64.9 cm³/mol. The minimum Gasteiger partial charge on any atom is -0.390 e. The van der Waals surface area contributed by atoms with Crippen molar-refractivity contribution < 1.29 is 5.11 Å². The molecule has 0 bridgehead atoms. The molecule has 3 N–H and O–H groups in total. The minimum atomic E-state index is -0.397. The first kappa shape index (κ1) is 14.8. The van der Waals surface area contributed by atoms with Gasteiger partial charge in [-0.05, 0) is 20.0 Å². The van der Waals surface area contributed by atoms with Crippen LogP contribution in [-0.2, 0) is 0 Å². The molecule has 0 aromatic carbocycles. The van der Waals surface area contributed by atoms with Crippen LogP contribution < -0.4 is 5.73 Å². The summed E-state index contributed by atoms with van der Waals surface area (Å²) in [6, 6.07) is 0. The van der Waals surface area contributed by atoms with Gasteiger partial charge in [0.05, 0.1) is 6.10 Å². The fourth-order valence-corrected chi connectivity index (χ4v) is 1.49. The second kappa shape index (κ2) is 8.05. The predicted octanol–water partition coefficient (Wildman–Crippen LogP) is -0.174. The Labute approximate surface area is 94.0 Å². The highest BCUT2D eigenvalue weighted by atomic mass is 16.3. The van der Waals surface area contributed by atoms with Crippen molar-refractivity contribution in [3.05, 3.63) is 0 Å². The number of rotatable bonds is 8. The van der Waals surface area contributed by atoms with E-state index in [1.807, 2.05) is 0 Å². The molecule has 0 aliphatic rings. The van der Waals surface area contributed by atoms with Crippen LogP contribution in [0.25, 0.3) is 0 Å². The molecule has 0 aliphatic heterocycles. The third-order valence-electron chi connectivity index (χ3n) is 2.23. The summed E-state index contributed by atoms with van der Waals surface area (Å²) in [6.07, 6.45) is -0.397. The molecule has 4 heteroatoms. The van der Waals surface area contributed by atoms with E-state index in [0.29, 0.717) is 19.0 Å². The average molecular weight is 217 g/mol. The van der Waals surface area contributed by atoms with Crippen LogP contribution in [0.2, 0.25) is 0 Å². The lowest BCUT2D eigenvalue weighted by Crippen LogP contribution is -2.41. The molecule has 4 nitrogen and oxygen atoms in total. The molecule has 1 atom stereocenters. The topological polar surface area (TPSA) is 52.7 Å². The molecule has 92 valence electrons. The highest BCUT2D eigenvalue weighted by molar-refractivity contribution is 4.67. The largest absolute Gasteiger partial charge is 0.390 e. The van der Waals surface area contributed by atoms with E-state index in [4.69, 9.17) is 5.73 Å². The maximum absolute atomic E-state index is 9.53. The van der Waals surface area contributed by atoms with E-state index < -0.39 is 6.10 Å². The van der Waals surface area contributed by atoms with E-state index >= 15 is 0 Å². The van der Waals surface area contributed by atoms with Gasteiger partial charge < -0.3 is 15.7 Å². The molecule has 0 aromatic heterocycles. The zero-order valence-electron chi connectivity index (χ0n) is 10.6. The Balaban J connectivity index is 3.94. The third-order valence-corrected chi connectivity index (χ3v) is 2.23. The molecule has 0 aliphatic carbocycles. The average Bonchev–Trinajstić information content (AvgIpc) is 2.13. The van der Waals surface area contributed by atoms with Crippen molar-refractivity contribution in [3.63, 3.8) is 0 Å². The molecule has 0 aromatic rings. The quantitative estimate of drug-likeness (QED) is 0.592. The fourth-order valence-electron chi connectivity index (χ4n) is 1.49. The van der Waals surface area contributed by atoms with Gasteiger partial charge in [0, 0.05) is 32.7 Å². The summed E-state index contributed by atoms with van der Waals surface area (Å²) in [5.74, 6) is 0.622. The smallest absolute Gasteiger partial charge is 0.0789 e. The van der Waals surface area contributed by atoms with Crippen molar-refractivity contribution in [2.45, 2.75) is 20.0 Å². The van der Waals surface area contributed by atoms with Crippen LogP contribution in [0.5, 0.6) is 0 Å². The number of nitrogens with two attached hydrogens (primary N) is 1. The van der Waals surface area contributed by atoms with Gasteiger partial charge in [-0.3, -0.25) is 4.90 Å². The van der Waals surface area contributed by atoms with E-state index in [2.05, 4.69) is 37.7 Å². The molecule has 1 unspecified atom stereocenters. The third kappa shape index (κ3) is 8.81. The van der Waals surface area contributed by atoms with E-state index in [1.54, 1.807) is 0 Å². The van der Waals surface area contributed by atoms with Gasteiger partial charge in [-0.25, -0.2) is 0 Å². The van der Waals surface area contributed by atoms with Crippen molar-refractivity contribution in [2.75, 3.05) is 46.8 Å². The lowest BCUT2D eigenvalue weighted by Gasteiger charge is -2.27. The van der Waals surface area contributed by atoms with Crippen LogP contribution in [0.3, 0.4) is 0 Å². The number of aliphatic hydroxyl groups is 1. The molecule has 0 rings (SSSR count). The number of hydrogen-bond acceptors (Lipinski definition) is 4. The second-order valence-corrected chi connectivity index (χ2v) is 4.85. The first-order valence-electron chi connectivity index (χ1n) is 5.71. The number of nitrogens with zero attached hydrogens (tertiary/aromatic N) is 2. The lowest BCUT2D eigenvalue weighted by atomic mass is 10.2. The molecule has 0 amide bonds. The maximum Gasteiger partial charge on any atom is 0.0789 e. The van der Waals surface area contributed by atoms with E-state index in [-0.39, 0.29) is 0 Å². The molecular formula is C11H27N3O. The first-order chi connectivity index (χ1) is 6.95. The molecule has 0 heterocycles. The fraction of sp³-hybridized carbons (Fsp3) is 1.00. The molecular weight excluding hydrogens is 190 g/mol. The summed E-state index contributed by atoms with van der Waals surface area (Å²) in [5.41, 5.74) is 5.42. The molecule has 0 fully saturated rings. The van der Waals surface area contributed by atoms with Crippen molar-refractivity contribution in [3.8, 4) is 0 Å². The number of likely N-dealkylation sites (N-methyl/N-ethyl adjacent to an activating group) is 1. The minimum absolute atomic E-state index is 0.344. The molecule has 0 radical (unpaired) electrons. The summed E-state index contributed by atoms with van der Waals surface area (Å²) >= 11 is 0. The van der Waals surface area contributed by atoms with Crippen LogP contribution in [0.4, 0.5) is 0 Å². The van der Waals surface area contributed by atoms with E-state index in [1.165, 1.54) is 0 Å². The number of aliphatic hydroxyl groups excluding tert-OH is 1.